The number of rotatable bonds is 1. The summed E-state index contributed by atoms with van der Waals surface area (Å²) in [7, 11) is 0. The van der Waals surface area contributed by atoms with Crippen LogP contribution in [0.4, 0.5) is 0 Å². The Labute approximate surface area is 90.3 Å². The first-order chi connectivity index (χ1) is 6.44. The summed E-state index contributed by atoms with van der Waals surface area (Å²) in [5.74, 6) is 0.500. The van der Waals surface area contributed by atoms with Crippen LogP contribution in [0.5, 0.6) is 0 Å². The first kappa shape index (κ1) is 10.0. The molecule has 76 valence electrons. The minimum absolute atomic E-state index is 0.249. The minimum atomic E-state index is 0.249. The van der Waals surface area contributed by atoms with Gasteiger partial charge < -0.3 is 5.73 Å². The molecule has 1 aliphatic rings. The SMILES string of the molecule is Cc1cc(Cl)ccc1[C@@H]1[C@@H](N)C1(C)C. The second-order valence-corrected chi connectivity index (χ2v) is 5.26. The number of nitrogens with two attached hydrogens (primary N) is 1. The van der Waals surface area contributed by atoms with Gasteiger partial charge in [0, 0.05) is 17.0 Å². The summed E-state index contributed by atoms with van der Waals surface area (Å²) in [5.41, 5.74) is 8.91. The highest BCUT2D eigenvalue weighted by molar-refractivity contribution is 6.30. The highest BCUT2D eigenvalue weighted by atomic mass is 35.5. The molecule has 0 saturated heterocycles. The summed E-state index contributed by atoms with van der Waals surface area (Å²) >= 11 is 5.92. The lowest BCUT2D eigenvalue weighted by atomic mass is 9.99. The maximum Gasteiger partial charge on any atom is 0.0408 e. The standard InChI is InChI=1S/C12H16ClN/c1-7-6-8(13)4-5-9(7)10-11(14)12(10,2)3/h4-6,10-11H,14H2,1-3H3/t10-,11-/m1/s1. The van der Waals surface area contributed by atoms with Crippen molar-refractivity contribution in [1.82, 2.24) is 0 Å². The zero-order valence-electron chi connectivity index (χ0n) is 8.84. The van der Waals surface area contributed by atoms with Crippen LogP contribution in [0.3, 0.4) is 0 Å². The second-order valence-electron chi connectivity index (χ2n) is 4.83. The molecule has 0 radical (unpaired) electrons. The summed E-state index contributed by atoms with van der Waals surface area (Å²) < 4.78 is 0. The average Bonchev–Trinajstić information content (AvgIpc) is 2.54. The summed E-state index contributed by atoms with van der Waals surface area (Å²) in [6, 6.07) is 6.36. The van der Waals surface area contributed by atoms with Gasteiger partial charge in [-0.15, -0.1) is 0 Å². The Bertz CT molecular complexity index is 371. The summed E-state index contributed by atoms with van der Waals surface area (Å²) in [4.78, 5) is 0. The molecule has 1 aromatic rings. The fourth-order valence-corrected chi connectivity index (χ4v) is 2.49. The lowest BCUT2D eigenvalue weighted by Gasteiger charge is -2.07. The number of halogens is 1. The fourth-order valence-electron chi connectivity index (χ4n) is 2.26. The van der Waals surface area contributed by atoms with E-state index in [1.165, 1.54) is 11.1 Å². The molecule has 2 N–H and O–H groups in total. The van der Waals surface area contributed by atoms with Crippen LogP contribution in [-0.2, 0) is 0 Å². The van der Waals surface area contributed by atoms with E-state index in [9.17, 15) is 0 Å². The van der Waals surface area contributed by atoms with Gasteiger partial charge in [-0.25, -0.2) is 0 Å². The molecule has 1 fully saturated rings. The highest BCUT2D eigenvalue weighted by Crippen LogP contribution is 2.57. The average molecular weight is 210 g/mol. The molecule has 0 aliphatic heterocycles. The van der Waals surface area contributed by atoms with Crippen LogP contribution in [0.25, 0.3) is 0 Å². The first-order valence-corrected chi connectivity index (χ1v) is 5.34. The van der Waals surface area contributed by atoms with Gasteiger partial charge in [0.15, 0.2) is 0 Å². The van der Waals surface area contributed by atoms with Crippen molar-refractivity contribution in [2.45, 2.75) is 32.7 Å². The smallest absolute Gasteiger partial charge is 0.0408 e. The monoisotopic (exact) mass is 209 g/mol. The van der Waals surface area contributed by atoms with E-state index in [1.54, 1.807) is 0 Å². The van der Waals surface area contributed by atoms with Crippen LogP contribution >= 0.6 is 11.6 Å². The van der Waals surface area contributed by atoms with E-state index in [0.717, 1.165) is 5.02 Å². The van der Waals surface area contributed by atoms with E-state index >= 15 is 0 Å². The van der Waals surface area contributed by atoms with E-state index in [4.69, 9.17) is 17.3 Å². The Morgan fingerprint density at radius 2 is 1.93 bits per heavy atom. The van der Waals surface area contributed by atoms with E-state index in [1.807, 2.05) is 12.1 Å². The van der Waals surface area contributed by atoms with Crippen molar-refractivity contribution in [2.75, 3.05) is 0 Å². The highest BCUT2D eigenvalue weighted by Gasteiger charge is 2.56. The molecular formula is C12H16ClN. The third-order valence-electron chi connectivity index (χ3n) is 3.48. The van der Waals surface area contributed by atoms with E-state index in [0.29, 0.717) is 12.0 Å². The summed E-state index contributed by atoms with van der Waals surface area (Å²) in [6.07, 6.45) is 0. The predicted molar refractivity (Wildman–Crippen MR) is 60.7 cm³/mol. The van der Waals surface area contributed by atoms with Gasteiger partial charge in [-0.05, 0) is 35.6 Å². The molecular weight excluding hydrogens is 194 g/mol. The van der Waals surface area contributed by atoms with Crippen LogP contribution in [0, 0.1) is 12.3 Å². The Morgan fingerprint density at radius 3 is 2.36 bits per heavy atom. The second kappa shape index (κ2) is 2.98. The van der Waals surface area contributed by atoms with Gasteiger partial charge in [-0.3, -0.25) is 0 Å². The molecule has 0 heterocycles. The first-order valence-electron chi connectivity index (χ1n) is 4.96. The minimum Gasteiger partial charge on any atom is -0.327 e. The number of benzene rings is 1. The molecule has 1 nitrogen and oxygen atoms in total. The van der Waals surface area contributed by atoms with E-state index < -0.39 is 0 Å². The topological polar surface area (TPSA) is 26.0 Å². The van der Waals surface area contributed by atoms with Gasteiger partial charge >= 0.3 is 0 Å². The molecule has 1 saturated carbocycles. The number of hydrogen-bond donors (Lipinski definition) is 1. The Balaban J connectivity index is 2.36. The van der Waals surface area contributed by atoms with Gasteiger partial charge in [0.25, 0.3) is 0 Å². The normalized spacial score (nSPS) is 28.9. The van der Waals surface area contributed by atoms with Crippen molar-refractivity contribution >= 4 is 11.6 Å². The van der Waals surface area contributed by atoms with Gasteiger partial charge in [-0.2, -0.15) is 0 Å². The van der Waals surface area contributed by atoms with Gasteiger partial charge in [0.05, 0.1) is 0 Å². The van der Waals surface area contributed by atoms with Crippen LogP contribution in [0.2, 0.25) is 5.02 Å². The lowest BCUT2D eigenvalue weighted by molar-refractivity contribution is 0.598. The van der Waals surface area contributed by atoms with E-state index in [-0.39, 0.29) is 5.41 Å². The van der Waals surface area contributed by atoms with Crippen molar-refractivity contribution in [3.05, 3.63) is 34.3 Å². The molecule has 0 bridgehead atoms. The maximum absolute atomic E-state index is 6.05. The van der Waals surface area contributed by atoms with E-state index in [2.05, 4.69) is 26.8 Å². The van der Waals surface area contributed by atoms with Gasteiger partial charge in [0.2, 0.25) is 0 Å². The largest absolute Gasteiger partial charge is 0.327 e. The molecule has 0 spiro atoms. The van der Waals surface area contributed by atoms with Crippen molar-refractivity contribution in [2.24, 2.45) is 11.1 Å². The molecule has 2 rings (SSSR count). The molecule has 2 atom stereocenters. The zero-order chi connectivity index (χ0) is 10.5. The molecule has 1 aromatic carbocycles. The van der Waals surface area contributed by atoms with Gasteiger partial charge in [0.1, 0.15) is 0 Å². The van der Waals surface area contributed by atoms with Crippen molar-refractivity contribution in [3.63, 3.8) is 0 Å². The Morgan fingerprint density at radius 1 is 1.36 bits per heavy atom. The molecule has 14 heavy (non-hydrogen) atoms. The lowest BCUT2D eigenvalue weighted by Crippen LogP contribution is -2.06. The summed E-state index contributed by atoms with van der Waals surface area (Å²) in [6.45, 7) is 6.54. The maximum atomic E-state index is 6.05. The third-order valence-corrected chi connectivity index (χ3v) is 3.71. The Hall–Kier alpha value is -0.530. The van der Waals surface area contributed by atoms with Crippen molar-refractivity contribution in [3.8, 4) is 0 Å². The molecule has 0 amide bonds. The fraction of sp³-hybridized carbons (Fsp3) is 0.500. The quantitative estimate of drug-likeness (QED) is 0.756. The molecule has 1 aliphatic carbocycles. The van der Waals surface area contributed by atoms with Crippen LogP contribution < -0.4 is 5.73 Å². The molecule has 2 heteroatoms. The zero-order valence-corrected chi connectivity index (χ0v) is 9.60. The number of hydrogen-bond acceptors (Lipinski definition) is 1. The van der Waals surface area contributed by atoms with Crippen LogP contribution in [0.15, 0.2) is 18.2 Å². The van der Waals surface area contributed by atoms with Crippen molar-refractivity contribution in [1.29, 1.82) is 0 Å². The van der Waals surface area contributed by atoms with Crippen LogP contribution in [-0.4, -0.2) is 6.04 Å². The molecule has 0 aromatic heterocycles. The Kier molecular flexibility index (Phi) is 2.13. The number of aryl methyl sites for hydroxylation is 1. The van der Waals surface area contributed by atoms with Gasteiger partial charge in [-0.1, -0.05) is 31.5 Å². The predicted octanol–water partition coefficient (Wildman–Crippen LogP) is 3.10. The molecule has 0 unspecified atom stereocenters. The third kappa shape index (κ3) is 1.35. The van der Waals surface area contributed by atoms with Crippen molar-refractivity contribution < 1.29 is 0 Å². The van der Waals surface area contributed by atoms with Crippen LogP contribution in [0.1, 0.15) is 30.9 Å². The summed E-state index contributed by atoms with van der Waals surface area (Å²) in [5, 5.41) is 0.804.